The molecule has 7 nitrogen and oxygen atoms in total. The van der Waals surface area contributed by atoms with Gasteiger partial charge >= 0.3 is 11.2 Å². The summed E-state index contributed by atoms with van der Waals surface area (Å²) >= 11 is -0.916. The van der Waals surface area contributed by atoms with Crippen LogP contribution < -0.4 is 21.0 Å². The Hall–Kier alpha value is -3.02. The molecular weight excluding hydrogens is 418 g/mol. The zero-order chi connectivity index (χ0) is 21.7. The van der Waals surface area contributed by atoms with E-state index in [0.29, 0.717) is 16.2 Å². The Morgan fingerprint density at radius 1 is 1.03 bits per heavy atom. The number of hydrogen-bond donors (Lipinski definition) is 0. The molecule has 0 amide bonds. The Bertz CT molecular complexity index is 1310. The molecule has 0 saturated heterocycles. The van der Waals surface area contributed by atoms with Crippen molar-refractivity contribution in [1.29, 1.82) is 0 Å². The minimum atomic E-state index is -4.81. The molecule has 0 unspecified atom stereocenters. The summed E-state index contributed by atoms with van der Waals surface area (Å²) in [5, 5.41) is -0.481. The van der Waals surface area contributed by atoms with Crippen molar-refractivity contribution >= 4 is 23.1 Å². The topological polar surface area (TPSA) is 75.2 Å². The van der Waals surface area contributed by atoms with Crippen LogP contribution in [0.1, 0.15) is 5.56 Å². The maximum absolute atomic E-state index is 14.6. The predicted octanol–water partition coefficient (Wildman–Crippen LogP) is 2.38. The molecule has 0 bridgehead atoms. The molecular formula is C17H13F4N3O4S. The first-order valence-corrected chi connectivity index (χ1v) is 8.71. The second-order valence-corrected chi connectivity index (χ2v) is 6.95. The van der Waals surface area contributed by atoms with Crippen LogP contribution in [0.5, 0.6) is 5.75 Å². The lowest BCUT2D eigenvalue weighted by Crippen LogP contribution is -2.40. The molecule has 0 aliphatic carbocycles. The fourth-order valence-electron chi connectivity index (χ4n) is 2.79. The number of hydrogen-bond acceptors (Lipinski definition) is 5. The zero-order valence-electron chi connectivity index (χ0n) is 15.2. The summed E-state index contributed by atoms with van der Waals surface area (Å²) in [5.41, 5.74) is -7.78. The summed E-state index contributed by atoms with van der Waals surface area (Å²) in [6.45, 7) is 1.62. The molecule has 154 valence electrons. The first-order chi connectivity index (χ1) is 13.4. The number of nitrogens with zero attached hydrogens (tertiary/aromatic N) is 3. The van der Waals surface area contributed by atoms with E-state index in [1.165, 1.54) is 19.2 Å². The highest BCUT2D eigenvalue weighted by Crippen LogP contribution is 2.34. The molecule has 3 rings (SSSR count). The van der Waals surface area contributed by atoms with Crippen molar-refractivity contribution < 1.29 is 21.7 Å². The lowest BCUT2D eigenvalue weighted by atomic mass is 10.2. The van der Waals surface area contributed by atoms with Gasteiger partial charge in [-0.05, 0) is 24.6 Å². The monoisotopic (exact) mass is 431 g/mol. The van der Waals surface area contributed by atoms with E-state index in [9.17, 15) is 31.9 Å². The third kappa shape index (κ3) is 3.67. The molecule has 0 fully saturated rings. The Kier molecular flexibility index (Phi) is 5.07. The second kappa shape index (κ2) is 7.10. The molecule has 12 heteroatoms. The molecule has 2 heterocycles. The van der Waals surface area contributed by atoms with Gasteiger partial charge in [0.1, 0.15) is 16.9 Å². The van der Waals surface area contributed by atoms with Crippen molar-refractivity contribution in [1.82, 2.24) is 13.7 Å². The lowest BCUT2D eigenvalue weighted by molar-refractivity contribution is -0.0369. The fourth-order valence-corrected chi connectivity index (χ4v) is 3.11. The van der Waals surface area contributed by atoms with Gasteiger partial charge in [-0.2, -0.15) is 13.2 Å². The van der Waals surface area contributed by atoms with E-state index in [1.807, 2.05) is 0 Å². The van der Waals surface area contributed by atoms with Crippen LogP contribution in [0.15, 0.2) is 38.6 Å². The first kappa shape index (κ1) is 20.7. The van der Waals surface area contributed by atoms with E-state index >= 15 is 0 Å². The van der Waals surface area contributed by atoms with Crippen molar-refractivity contribution in [3.63, 3.8) is 0 Å². The van der Waals surface area contributed by atoms with Crippen LogP contribution in [0, 0.1) is 12.7 Å². The second-order valence-electron chi connectivity index (χ2n) is 6.15. The highest BCUT2D eigenvalue weighted by Gasteiger charge is 2.32. The van der Waals surface area contributed by atoms with Crippen LogP contribution in [-0.4, -0.2) is 19.2 Å². The maximum Gasteiger partial charge on any atom is 0.479 e. The number of alkyl halides is 3. The van der Waals surface area contributed by atoms with E-state index in [2.05, 4.69) is 4.18 Å². The minimum Gasteiger partial charge on any atom is -0.416 e. The number of aromatic nitrogens is 3. The summed E-state index contributed by atoms with van der Waals surface area (Å²) in [7, 11) is 2.28. The molecule has 0 N–H and O–H groups in total. The van der Waals surface area contributed by atoms with Gasteiger partial charge in [0.05, 0.1) is 5.69 Å². The normalized spacial score (nSPS) is 11.8. The molecule has 0 aliphatic heterocycles. The summed E-state index contributed by atoms with van der Waals surface area (Å²) in [4.78, 5) is 37.7. The summed E-state index contributed by atoms with van der Waals surface area (Å²) in [6.07, 6.45) is 0. The Balaban J connectivity index is 2.51. The van der Waals surface area contributed by atoms with Gasteiger partial charge in [-0.1, -0.05) is 6.07 Å². The maximum atomic E-state index is 14.6. The Morgan fingerprint density at radius 2 is 1.69 bits per heavy atom. The van der Waals surface area contributed by atoms with Crippen molar-refractivity contribution in [2.24, 2.45) is 14.1 Å². The number of fused-ring (bicyclic) bond motifs is 1. The van der Waals surface area contributed by atoms with Crippen molar-refractivity contribution in [3.05, 3.63) is 66.8 Å². The van der Waals surface area contributed by atoms with Crippen LogP contribution in [-0.2, 0) is 14.1 Å². The number of benzene rings is 1. The molecule has 0 saturated carbocycles. The van der Waals surface area contributed by atoms with Gasteiger partial charge in [-0.25, -0.2) is 13.8 Å². The molecule has 1 aromatic carbocycles. The fraction of sp³-hybridized carbons (Fsp3) is 0.235. The van der Waals surface area contributed by atoms with E-state index in [1.54, 1.807) is 6.92 Å². The number of halogens is 4. The third-order valence-electron chi connectivity index (χ3n) is 4.15. The van der Waals surface area contributed by atoms with Crippen molar-refractivity contribution in [2.45, 2.75) is 12.4 Å². The predicted molar refractivity (Wildman–Crippen MR) is 99.0 cm³/mol. The summed E-state index contributed by atoms with van der Waals surface area (Å²) < 4.78 is 59.1. The molecule has 0 aliphatic rings. The van der Waals surface area contributed by atoms with E-state index in [-0.39, 0.29) is 5.69 Å². The molecule has 0 radical (unpaired) electrons. The average molecular weight is 431 g/mol. The van der Waals surface area contributed by atoms with Crippen molar-refractivity contribution in [2.75, 3.05) is 0 Å². The van der Waals surface area contributed by atoms with Gasteiger partial charge in [0, 0.05) is 20.2 Å². The number of aryl methyl sites for hydroxylation is 2. The Labute approximate surface area is 164 Å². The highest BCUT2D eigenvalue weighted by molar-refractivity contribution is 7.95. The molecule has 2 aromatic heterocycles. The highest BCUT2D eigenvalue weighted by atomic mass is 32.2. The number of pyridine rings is 1. The van der Waals surface area contributed by atoms with Crippen LogP contribution >= 0.6 is 12.0 Å². The van der Waals surface area contributed by atoms with Crippen LogP contribution in [0.4, 0.5) is 17.6 Å². The molecule has 3 aromatic rings. The van der Waals surface area contributed by atoms with E-state index in [4.69, 9.17) is 0 Å². The standard InChI is InChI=1S/C17H13F4N3O4S/c1-8-4-5-10(9(18)6-8)24-14-13(15(26)23(3)16(24)27)11(7-12(25)22(14)2)28-29-17(19,20)21/h4-7H,1-3H3. The lowest BCUT2D eigenvalue weighted by Gasteiger charge is -2.17. The SMILES string of the molecule is Cc1ccc(-n2c(=O)n(C)c(=O)c3c(OSC(F)(F)F)cc(=O)n(C)c32)c(F)c1. The van der Waals surface area contributed by atoms with Crippen LogP contribution in [0.3, 0.4) is 0 Å². The van der Waals surface area contributed by atoms with Gasteiger partial charge in [0.25, 0.3) is 11.1 Å². The van der Waals surface area contributed by atoms with Gasteiger partial charge in [0.2, 0.25) is 0 Å². The van der Waals surface area contributed by atoms with E-state index in [0.717, 1.165) is 22.2 Å². The molecule has 0 atom stereocenters. The quantitative estimate of drug-likeness (QED) is 0.470. The zero-order valence-corrected chi connectivity index (χ0v) is 16.0. The average Bonchev–Trinajstić information content (AvgIpc) is 2.62. The molecule has 29 heavy (non-hydrogen) atoms. The Morgan fingerprint density at radius 3 is 2.28 bits per heavy atom. The summed E-state index contributed by atoms with van der Waals surface area (Å²) in [6, 6.07) is 4.59. The first-order valence-electron chi connectivity index (χ1n) is 7.97. The smallest absolute Gasteiger partial charge is 0.416 e. The van der Waals surface area contributed by atoms with Crippen LogP contribution in [0.25, 0.3) is 16.7 Å². The summed E-state index contributed by atoms with van der Waals surface area (Å²) in [5.74, 6) is -1.51. The van der Waals surface area contributed by atoms with Crippen molar-refractivity contribution in [3.8, 4) is 11.4 Å². The van der Waals surface area contributed by atoms with Gasteiger partial charge in [-0.3, -0.25) is 18.7 Å². The van der Waals surface area contributed by atoms with Gasteiger partial charge in [0.15, 0.2) is 17.8 Å². The van der Waals surface area contributed by atoms with Gasteiger partial charge in [-0.15, -0.1) is 0 Å². The molecule has 0 spiro atoms. The minimum absolute atomic E-state index is 0.281. The van der Waals surface area contributed by atoms with Gasteiger partial charge < -0.3 is 4.18 Å². The third-order valence-corrected chi connectivity index (χ3v) is 4.60. The number of rotatable bonds is 3. The van der Waals surface area contributed by atoms with E-state index < -0.39 is 57.0 Å². The van der Waals surface area contributed by atoms with Crippen LogP contribution in [0.2, 0.25) is 0 Å². The largest absolute Gasteiger partial charge is 0.479 e.